The molecule has 0 amide bonds. The van der Waals surface area contributed by atoms with Crippen LogP contribution in [0.4, 0.5) is 11.4 Å². The second-order valence-electron chi connectivity index (χ2n) is 6.72. The van der Waals surface area contributed by atoms with E-state index in [9.17, 15) is 18.5 Å². The van der Waals surface area contributed by atoms with E-state index in [0.29, 0.717) is 13.1 Å². The number of hydrogen-bond acceptors (Lipinski definition) is 6. The molecule has 0 unspecified atom stereocenters. The molecule has 0 spiro atoms. The van der Waals surface area contributed by atoms with Gasteiger partial charge >= 0.3 is 0 Å². The van der Waals surface area contributed by atoms with Gasteiger partial charge in [-0.25, -0.2) is 8.42 Å². The highest BCUT2D eigenvalue weighted by Crippen LogP contribution is 2.30. The molecular weight excluding hydrogens is 392 g/mol. The van der Waals surface area contributed by atoms with Crippen LogP contribution in [0.2, 0.25) is 0 Å². The minimum Gasteiger partial charge on any atom is -0.272 e. The lowest BCUT2D eigenvalue weighted by Crippen LogP contribution is -2.27. The average Bonchev–Trinajstić information content (AvgIpc) is 3.24. The van der Waals surface area contributed by atoms with Crippen LogP contribution in [-0.4, -0.2) is 37.0 Å². The maximum absolute atomic E-state index is 12.6. The molecule has 3 rings (SSSR count). The predicted molar refractivity (Wildman–Crippen MR) is 113 cm³/mol. The van der Waals surface area contributed by atoms with Crippen LogP contribution in [0, 0.1) is 10.1 Å². The molecule has 29 heavy (non-hydrogen) atoms. The summed E-state index contributed by atoms with van der Waals surface area (Å²) in [7, 11) is -3.73. The van der Waals surface area contributed by atoms with Crippen LogP contribution in [0.25, 0.3) is 6.08 Å². The van der Waals surface area contributed by atoms with E-state index in [1.807, 2.05) is 43.3 Å². The van der Waals surface area contributed by atoms with Crippen molar-refractivity contribution in [2.24, 2.45) is 5.10 Å². The van der Waals surface area contributed by atoms with Crippen molar-refractivity contribution in [3.63, 3.8) is 0 Å². The van der Waals surface area contributed by atoms with Gasteiger partial charge in [0.2, 0.25) is 10.0 Å². The first kappa shape index (κ1) is 20.7. The van der Waals surface area contributed by atoms with Crippen molar-refractivity contribution < 1.29 is 13.3 Å². The molecule has 1 fully saturated rings. The Balaban J connectivity index is 1.79. The lowest BCUT2D eigenvalue weighted by atomic mass is 10.1. The van der Waals surface area contributed by atoms with Crippen LogP contribution in [-0.2, 0) is 10.0 Å². The highest BCUT2D eigenvalue weighted by molar-refractivity contribution is 7.89. The van der Waals surface area contributed by atoms with Crippen LogP contribution >= 0.6 is 0 Å². The lowest BCUT2D eigenvalue weighted by Gasteiger charge is -2.15. The molecule has 1 N–H and O–H groups in total. The Morgan fingerprint density at radius 2 is 1.86 bits per heavy atom. The van der Waals surface area contributed by atoms with Gasteiger partial charge in [-0.3, -0.25) is 15.5 Å². The molecule has 0 saturated carbocycles. The largest absolute Gasteiger partial charge is 0.295 e. The molecule has 0 aliphatic carbocycles. The summed E-state index contributed by atoms with van der Waals surface area (Å²) in [6, 6.07) is 13.5. The minimum absolute atomic E-state index is 0.0826. The second-order valence-corrected chi connectivity index (χ2v) is 8.65. The highest BCUT2D eigenvalue weighted by atomic mass is 32.2. The third-order valence-corrected chi connectivity index (χ3v) is 6.41. The first-order valence-electron chi connectivity index (χ1n) is 9.19. The van der Waals surface area contributed by atoms with Gasteiger partial charge < -0.3 is 0 Å². The molecule has 2 aromatic carbocycles. The fourth-order valence-corrected chi connectivity index (χ4v) is 4.59. The summed E-state index contributed by atoms with van der Waals surface area (Å²) in [6.07, 6.45) is 5.06. The van der Waals surface area contributed by atoms with E-state index in [1.54, 1.807) is 6.21 Å². The fourth-order valence-electron chi connectivity index (χ4n) is 3.05. The molecule has 2 aromatic rings. The molecule has 0 radical (unpaired) electrons. The van der Waals surface area contributed by atoms with E-state index >= 15 is 0 Å². The minimum atomic E-state index is -3.73. The van der Waals surface area contributed by atoms with Gasteiger partial charge in [-0.1, -0.05) is 36.4 Å². The quantitative estimate of drug-likeness (QED) is 0.420. The summed E-state index contributed by atoms with van der Waals surface area (Å²) in [5, 5.41) is 15.5. The van der Waals surface area contributed by atoms with Gasteiger partial charge in [0, 0.05) is 19.2 Å². The first-order chi connectivity index (χ1) is 13.9. The molecule has 0 atom stereocenters. The van der Waals surface area contributed by atoms with Crippen molar-refractivity contribution >= 4 is 33.7 Å². The van der Waals surface area contributed by atoms with Gasteiger partial charge in [0.05, 0.1) is 16.0 Å². The van der Waals surface area contributed by atoms with Crippen molar-refractivity contribution in [2.75, 3.05) is 18.5 Å². The molecule has 152 valence electrons. The smallest absolute Gasteiger partial charge is 0.272 e. The predicted octanol–water partition coefficient (Wildman–Crippen LogP) is 3.88. The molecule has 1 heterocycles. The van der Waals surface area contributed by atoms with Crippen LogP contribution in [0.15, 0.2) is 64.1 Å². The number of nitrogens with zero attached hydrogens (tertiary/aromatic N) is 3. The molecule has 0 aromatic heterocycles. The van der Waals surface area contributed by atoms with E-state index in [-0.39, 0.29) is 16.3 Å². The number of sulfonamides is 1. The highest BCUT2D eigenvalue weighted by Gasteiger charge is 2.29. The zero-order valence-corrected chi connectivity index (χ0v) is 16.8. The van der Waals surface area contributed by atoms with Gasteiger partial charge in [-0.2, -0.15) is 9.41 Å². The number of hydrazone groups is 1. The van der Waals surface area contributed by atoms with Crippen LogP contribution < -0.4 is 5.43 Å². The Kier molecular flexibility index (Phi) is 6.40. The summed E-state index contributed by atoms with van der Waals surface area (Å²) in [5.74, 6) is 0. The van der Waals surface area contributed by atoms with Gasteiger partial charge in [-0.15, -0.1) is 0 Å². The number of nitro benzene ring substituents is 1. The van der Waals surface area contributed by atoms with Gasteiger partial charge in [0.25, 0.3) is 5.69 Å². The molecule has 0 bridgehead atoms. The summed E-state index contributed by atoms with van der Waals surface area (Å²) >= 11 is 0. The summed E-state index contributed by atoms with van der Waals surface area (Å²) in [6.45, 7) is 2.74. The molecule has 8 nitrogen and oxygen atoms in total. The Labute approximate surface area is 169 Å². The molecule has 1 aliphatic heterocycles. The number of hydrogen-bond donors (Lipinski definition) is 1. The molecule has 1 saturated heterocycles. The lowest BCUT2D eigenvalue weighted by molar-refractivity contribution is -0.384. The Hall–Kier alpha value is -3.04. The monoisotopic (exact) mass is 414 g/mol. The maximum atomic E-state index is 12.6. The van der Waals surface area contributed by atoms with Crippen molar-refractivity contribution in [3.8, 4) is 0 Å². The molecule has 9 heteroatoms. The molecular formula is C20H22N4O4S. The van der Waals surface area contributed by atoms with Crippen molar-refractivity contribution in [2.45, 2.75) is 24.7 Å². The number of anilines is 1. The number of allylic oxidation sites excluding steroid dienone is 1. The first-order valence-corrected chi connectivity index (χ1v) is 10.6. The van der Waals surface area contributed by atoms with Gasteiger partial charge in [0.15, 0.2) is 0 Å². The topological polar surface area (TPSA) is 105 Å². The third kappa shape index (κ3) is 5.07. The Morgan fingerprint density at radius 1 is 1.17 bits per heavy atom. The van der Waals surface area contributed by atoms with Gasteiger partial charge in [0.1, 0.15) is 5.69 Å². The van der Waals surface area contributed by atoms with Gasteiger partial charge in [-0.05, 0) is 43.0 Å². The number of nitrogens with one attached hydrogen (secondary N) is 1. The SMILES string of the molecule is CC(C=NNc1ccc(S(=O)(=O)N2CCCC2)cc1[N+](=O)[O-])=Cc1ccccc1. The van der Waals surface area contributed by atoms with Crippen molar-refractivity contribution in [1.29, 1.82) is 0 Å². The number of nitro groups is 1. The van der Waals surface area contributed by atoms with E-state index in [4.69, 9.17) is 0 Å². The maximum Gasteiger partial charge on any atom is 0.295 e. The molecule has 1 aliphatic rings. The van der Waals surface area contributed by atoms with Crippen molar-refractivity contribution in [3.05, 3.63) is 69.8 Å². The van der Waals surface area contributed by atoms with E-state index in [0.717, 1.165) is 30.0 Å². The van der Waals surface area contributed by atoms with Crippen LogP contribution in [0.5, 0.6) is 0 Å². The normalized spacial score (nSPS) is 15.7. The summed E-state index contributed by atoms with van der Waals surface area (Å²) in [5.41, 5.74) is 4.28. The standard InChI is InChI=1S/C20H22N4O4S/c1-16(13-17-7-3-2-4-8-17)15-21-22-19-10-9-18(14-20(19)24(25)26)29(27,28)23-11-5-6-12-23/h2-4,7-10,13-15,22H,5-6,11-12H2,1H3. The summed E-state index contributed by atoms with van der Waals surface area (Å²) < 4.78 is 26.6. The zero-order valence-electron chi connectivity index (χ0n) is 16.0. The Bertz CT molecular complexity index is 1040. The third-order valence-electron chi connectivity index (χ3n) is 4.52. The number of rotatable bonds is 7. The second kappa shape index (κ2) is 8.97. The summed E-state index contributed by atoms with van der Waals surface area (Å²) in [4.78, 5) is 10.8. The zero-order chi connectivity index (χ0) is 20.9. The Morgan fingerprint density at radius 3 is 2.52 bits per heavy atom. The number of benzene rings is 2. The fraction of sp³-hybridized carbons (Fsp3) is 0.250. The van der Waals surface area contributed by atoms with E-state index < -0.39 is 14.9 Å². The van der Waals surface area contributed by atoms with Crippen LogP contribution in [0.1, 0.15) is 25.3 Å². The average molecular weight is 414 g/mol. The van der Waals surface area contributed by atoms with E-state index in [1.165, 1.54) is 16.4 Å². The van der Waals surface area contributed by atoms with E-state index in [2.05, 4.69) is 10.5 Å². The van der Waals surface area contributed by atoms with Crippen molar-refractivity contribution in [1.82, 2.24) is 4.31 Å². The van der Waals surface area contributed by atoms with Crippen LogP contribution in [0.3, 0.4) is 0 Å².